The van der Waals surface area contributed by atoms with Crippen LogP contribution in [0.1, 0.15) is 52.5 Å². The normalized spacial score (nSPS) is 45.2. The predicted molar refractivity (Wildman–Crippen MR) is 128 cm³/mol. The number of benzene rings is 1. The molecule has 0 aromatic heterocycles. The topological polar surface area (TPSA) is 105 Å². The van der Waals surface area contributed by atoms with Crippen molar-refractivity contribution < 1.29 is 29.0 Å². The van der Waals surface area contributed by atoms with Gasteiger partial charge in [-0.15, -0.1) is 0 Å². The summed E-state index contributed by atoms with van der Waals surface area (Å²) in [5.41, 5.74) is -2.29. The number of amides is 1. The average molecular weight is 482 g/mol. The first kappa shape index (κ1) is 24.2. The first-order valence-corrected chi connectivity index (χ1v) is 12.7. The Morgan fingerprint density at radius 2 is 1.83 bits per heavy atom. The molecule has 0 bridgehead atoms. The van der Waals surface area contributed by atoms with Crippen molar-refractivity contribution in [2.45, 2.75) is 82.3 Å². The summed E-state index contributed by atoms with van der Waals surface area (Å²) in [6.45, 7) is 7.37. The van der Waals surface area contributed by atoms with E-state index in [0.29, 0.717) is 6.42 Å². The summed E-state index contributed by atoms with van der Waals surface area (Å²) in [5.74, 6) is -2.42. The second-order valence-electron chi connectivity index (χ2n) is 11.3. The van der Waals surface area contributed by atoms with Gasteiger partial charge in [-0.3, -0.25) is 14.4 Å². The number of nitrogens with one attached hydrogen (secondary N) is 1. The second kappa shape index (κ2) is 8.27. The molecule has 1 amide bonds. The van der Waals surface area contributed by atoms with E-state index >= 15 is 0 Å². The lowest BCUT2D eigenvalue weighted by molar-refractivity contribution is -0.182. The predicted octanol–water partition coefficient (Wildman–Crippen LogP) is 2.75. The standard InChI is InChI=1S/C28H35NO6/c1-16-12-13-21(30)34-28-19(11-8-14-26(3,33)23(16)31)24-27(4,35-24)17(2)22(28)20(29-25(28)32)15-18-9-6-5-7-10-18/h5-11,16-17,19-20,22,24,33H,12-15H2,1-4H3,(H,29,32). The molecule has 5 rings (SSSR count). The van der Waals surface area contributed by atoms with Crippen LogP contribution in [0.5, 0.6) is 0 Å². The Kier molecular flexibility index (Phi) is 5.72. The van der Waals surface area contributed by atoms with E-state index in [2.05, 4.69) is 19.2 Å². The number of ether oxygens (including phenoxy) is 2. The number of carbonyl (C=O) groups excluding carboxylic acids is 3. The van der Waals surface area contributed by atoms with Gasteiger partial charge in [0, 0.05) is 30.7 Å². The number of fused-ring (bicyclic) bond motifs is 2. The third-order valence-corrected chi connectivity index (χ3v) is 8.95. The largest absolute Gasteiger partial charge is 0.448 e. The fraction of sp³-hybridized carbons (Fsp3) is 0.607. The molecule has 3 aliphatic heterocycles. The van der Waals surface area contributed by atoms with Crippen molar-refractivity contribution in [3.63, 3.8) is 0 Å². The second-order valence-corrected chi connectivity index (χ2v) is 11.3. The molecule has 4 aliphatic rings. The number of aliphatic hydroxyl groups is 1. The monoisotopic (exact) mass is 481 g/mol. The van der Waals surface area contributed by atoms with Gasteiger partial charge in [-0.25, -0.2) is 0 Å². The van der Waals surface area contributed by atoms with Crippen LogP contribution in [0.25, 0.3) is 0 Å². The van der Waals surface area contributed by atoms with E-state index in [0.717, 1.165) is 5.56 Å². The molecule has 2 saturated heterocycles. The van der Waals surface area contributed by atoms with Crippen molar-refractivity contribution in [3.05, 3.63) is 48.0 Å². The molecule has 2 N–H and O–H groups in total. The first-order chi connectivity index (χ1) is 16.5. The van der Waals surface area contributed by atoms with Crippen LogP contribution in [0.4, 0.5) is 0 Å². The Balaban J connectivity index is 1.58. The SMILES string of the molecule is CC1CCC(=O)OC23C(=O)NC(Cc4ccccc4)C2C(C)C2(C)OC2C3C=CCC(C)(O)C1=O. The van der Waals surface area contributed by atoms with Crippen molar-refractivity contribution >= 4 is 17.7 Å². The molecule has 1 aromatic rings. The van der Waals surface area contributed by atoms with E-state index < -0.39 is 34.6 Å². The van der Waals surface area contributed by atoms with Crippen LogP contribution in [0.15, 0.2) is 42.5 Å². The molecule has 188 valence electrons. The Labute approximate surface area is 206 Å². The van der Waals surface area contributed by atoms with Crippen LogP contribution in [0, 0.1) is 23.7 Å². The van der Waals surface area contributed by atoms with E-state index in [1.165, 1.54) is 6.92 Å². The summed E-state index contributed by atoms with van der Waals surface area (Å²) in [6, 6.07) is 9.76. The number of ketones is 1. The maximum absolute atomic E-state index is 13.8. The van der Waals surface area contributed by atoms with Gasteiger partial charge in [0.25, 0.3) is 5.91 Å². The first-order valence-electron chi connectivity index (χ1n) is 12.7. The van der Waals surface area contributed by atoms with E-state index in [9.17, 15) is 19.5 Å². The molecule has 1 saturated carbocycles. The highest BCUT2D eigenvalue weighted by atomic mass is 16.6. The molecule has 7 heteroatoms. The number of Topliss-reactive ketones (excluding diaryl/α,β-unsaturated/α-hetero) is 1. The van der Waals surface area contributed by atoms with Crippen molar-refractivity contribution in [2.24, 2.45) is 23.7 Å². The number of epoxide rings is 1. The molecule has 35 heavy (non-hydrogen) atoms. The third kappa shape index (κ3) is 3.75. The zero-order chi connectivity index (χ0) is 25.2. The van der Waals surface area contributed by atoms with Crippen molar-refractivity contribution in [3.8, 4) is 0 Å². The van der Waals surface area contributed by atoms with Crippen molar-refractivity contribution in [2.75, 3.05) is 0 Å². The highest BCUT2D eigenvalue weighted by molar-refractivity contribution is 5.93. The van der Waals surface area contributed by atoms with Crippen LogP contribution in [-0.2, 0) is 30.3 Å². The van der Waals surface area contributed by atoms with Crippen LogP contribution < -0.4 is 5.32 Å². The molecule has 9 atom stereocenters. The Bertz CT molecular complexity index is 1070. The van der Waals surface area contributed by atoms with Gasteiger partial charge in [0.1, 0.15) is 5.60 Å². The number of rotatable bonds is 2. The molecule has 9 unspecified atom stereocenters. The quantitative estimate of drug-likeness (QED) is 0.382. The summed E-state index contributed by atoms with van der Waals surface area (Å²) in [4.78, 5) is 39.7. The smallest absolute Gasteiger partial charge is 0.306 e. The molecule has 1 aliphatic carbocycles. The van der Waals surface area contributed by atoms with Crippen LogP contribution >= 0.6 is 0 Å². The van der Waals surface area contributed by atoms with Gasteiger partial charge in [0.15, 0.2) is 5.78 Å². The lowest BCUT2D eigenvalue weighted by atomic mass is 9.59. The van der Waals surface area contributed by atoms with Gasteiger partial charge in [-0.05, 0) is 38.2 Å². The molecular weight excluding hydrogens is 446 g/mol. The summed E-state index contributed by atoms with van der Waals surface area (Å²) < 4.78 is 12.4. The Morgan fingerprint density at radius 1 is 1.11 bits per heavy atom. The summed E-state index contributed by atoms with van der Waals surface area (Å²) in [6.07, 6.45) is 4.29. The van der Waals surface area contributed by atoms with Gasteiger partial charge >= 0.3 is 5.97 Å². The van der Waals surface area contributed by atoms with Crippen LogP contribution in [0.2, 0.25) is 0 Å². The minimum absolute atomic E-state index is 0.00168. The fourth-order valence-corrected chi connectivity index (χ4v) is 6.78. The maximum atomic E-state index is 13.8. The zero-order valence-electron chi connectivity index (χ0n) is 20.8. The molecule has 3 fully saturated rings. The number of carbonyl (C=O) groups is 3. The van der Waals surface area contributed by atoms with Crippen molar-refractivity contribution in [1.29, 1.82) is 0 Å². The van der Waals surface area contributed by atoms with Crippen molar-refractivity contribution in [1.82, 2.24) is 5.32 Å². The van der Waals surface area contributed by atoms with Gasteiger partial charge in [0.05, 0.1) is 17.6 Å². The fourth-order valence-electron chi connectivity index (χ4n) is 6.78. The minimum Gasteiger partial charge on any atom is -0.448 e. The van der Waals surface area contributed by atoms with E-state index in [1.54, 1.807) is 13.0 Å². The van der Waals surface area contributed by atoms with Gasteiger partial charge in [0.2, 0.25) is 5.60 Å². The molecule has 0 radical (unpaired) electrons. The molecule has 1 spiro atoms. The zero-order valence-corrected chi connectivity index (χ0v) is 20.8. The lowest BCUT2D eigenvalue weighted by Crippen LogP contribution is -2.61. The Morgan fingerprint density at radius 3 is 2.54 bits per heavy atom. The molecule has 3 heterocycles. The van der Waals surface area contributed by atoms with E-state index in [-0.39, 0.29) is 54.9 Å². The summed E-state index contributed by atoms with van der Waals surface area (Å²) in [5, 5.41) is 14.0. The molecule has 7 nitrogen and oxygen atoms in total. The lowest BCUT2D eigenvalue weighted by Gasteiger charge is -2.46. The van der Waals surface area contributed by atoms with Gasteiger partial charge in [-0.1, -0.05) is 56.3 Å². The van der Waals surface area contributed by atoms with Gasteiger partial charge < -0.3 is 19.9 Å². The highest BCUT2D eigenvalue weighted by Crippen LogP contribution is 2.63. The number of hydrogen-bond acceptors (Lipinski definition) is 6. The highest BCUT2D eigenvalue weighted by Gasteiger charge is 2.78. The van der Waals surface area contributed by atoms with E-state index in [4.69, 9.17) is 9.47 Å². The third-order valence-electron chi connectivity index (χ3n) is 8.95. The minimum atomic E-state index is -1.55. The number of hydrogen-bond donors (Lipinski definition) is 2. The maximum Gasteiger partial charge on any atom is 0.306 e. The van der Waals surface area contributed by atoms with Crippen LogP contribution in [0.3, 0.4) is 0 Å². The van der Waals surface area contributed by atoms with Gasteiger partial charge in [-0.2, -0.15) is 0 Å². The Hall–Kier alpha value is -2.51. The van der Waals surface area contributed by atoms with Crippen LogP contribution in [-0.4, -0.2) is 51.7 Å². The summed E-state index contributed by atoms with van der Waals surface area (Å²) in [7, 11) is 0. The molecular formula is C28H35NO6. The van der Waals surface area contributed by atoms with E-state index in [1.807, 2.05) is 36.4 Å². The average Bonchev–Trinajstić information content (AvgIpc) is 3.43. The number of esters is 1. The summed E-state index contributed by atoms with van der Waals surface area (Å²) >= 11 is 0. The molecule has 1 aromatic carbocycles.